The van der Waals surface area contributed by atoms with Gasteiger partial charge in [-0.2, -0.15) is 13.2 Å². The molecule has 0 unspecified atom stereocenters. The Kier molecular flexibility index (Phi) is 11.8. The first-order valence-corrected chi connectivity index (χ1v) is 10.2. The van der Waals surface area contributed by atoms with E-state index in [4.69, 9.17) is 9.47 Å². The molecule has 1 aliphatic rings. The summed E-state index contributed by atoms with van der Waals surface area (Å²) in [7, 11) is 1.71. The van der Waals surface area contributed by atoms with Gasteiger partial charge in [0.05, 0.1) is 0 Å². The van der Waals surface area contributed by atoms with Gasteiger partial charge in [0.15, 0.2) is 12.6 Å². The molecule has 0 heterocycles. The Hall–Kier alpha value is -1.23. The topological polar surface area (TPSA) is 54.9 Å². The summed E-state index contributed by atoms with van der Waals surface area (Å²) in [6.07, 6.45) is 1.53. The smallest absolute Gasteiger partial charge is 0.422 e. The standard InChI is InChI=1S/C21H32F3N3O2.HI/c1-3-28-12-11-20(9-4-5-10-20)15-27-19(25-2)26-14-17-7-6-8-18(13-17)29-16-21(22,23)24;/h6-8,13H,3-5,9-12,14-16H2,1-2H3,(H2,25,26,27);1H. The fourth-order valence-electron chi connectivity index (χ4n) is 3.66. The SMILES string of the molecule is CCOCCC1(CNC(=NC)NCc2cccc(OCC(F)(F)F)c2)CCCC1.I. The number of nitrogens with zero attached hydrogens (tertiary/aromatic N) is 1. The van der Waals surface area contributed by atoms with Crippen LogP contribution in [0.5, 0.6) is 5.75 Å². The highest BCUT2D eigenvalue weighted by Crippen LogP contribution is 2.40. The number of halogens is 4. The molecule has 0 aromatic heterocycles. The molecule has 9 heteroatoms. The van der Waals surface area contributed by atoms with Crippen LogP contribution in [0.1, 0.15) is 44.6 Å². The molecule has 0 radical (unpaired) electrons. The monoisotopic (exact) mass is 543 g/mol. The van der Waals surface area contributed by atoms with E-state index in [2.05, 4.69) is 15.6 Å². The van der Waals surface area contributed by atoms with Crippen LogP contribution in [0.25, 0.3) is 0 Å². The van der Waals surface area contributed by atoms with Crippen LogP contribution in [0.4, 0.5) is 13.2 Å². The number of aliphatic imine (C=N–C) groups is 1. The predicted octanol–water partition coefficient (Wildman–Crippen LogP) is 4.90. The Labute approximate surface area is 194 Å². The molecule has 0 aliphatic heterocycles. The third kappa shape index (κ3) is 9.72. The fraction of sp³-hybridized carbons (Fsp3) is 0.667. The summed E-state index contributed by atoms with van der Waals surface area (Å²) >= 11 is 0. The molecule has 0 amide bonds. The van der Waals surface area contributed by atoms with Crippen molar-refractivity contribution in [2.24, 2.45) is 10.4 Å². The van der Waals surface area contributed by atoms with Gasteiger partial charge < -0.3 is 20.1 Å². The summed E-state index contributed by atoms with van der Waals surface area (Å²) in [6.45, 7) is 3.49. The molecule has 1 aliphatic carbocycles. The van der Waals surface area contributed by atoms with Gasteiger partial charge in [-0.25, -0.2) is 0 Å². The van der Waals surface area contributed by atoms with Crippen LogP contribution >= 0.6 is 24.0 Å². The van der Waals surface area contributed by atoms with E-state index in [9.17, 15) is 13.2 Å². The first-order valence-electron chi connectivity index (χ1n) is 10.2. The van der Waals surface area contributed by atoms with Crippen molar-refractivity contribution in [1.82, 2.24) is 10.6 Å². The minimum absolute atomic E-state index is 0. The number of rotatable bonds is 10. The van der Waals surface area contributed by atoms with Crippen LogP contribution in [-0.2, 0) is 11.3 Å². The first-order chi connectivity index (χ1) is 13.9. The van der Waals surface area contributed by atoms with Crippen LogP contribution in [0.2, 0.25) is 0 Å². The molecule has 172 valence electrons. The number of guanidine groups is 1. The number of benzene rings is 1. The zero-order chi connectivity index (χ0) is 21.2. The molecule has 1 saturated carbocycles. The lowest BCUT2D eigenvalue weighted by Crippen LogP contribution is -2.43. The van der Waals surface area contributed by atoms with Gasteiger partial charge in [-0.3, -0.25) is 4.99 Å². The highest BCUT2D eigenvalue weighted by molar-refractivity contribution is 14.0. The van der Waals surface area contributed by atoms with E-state index in [0.29, 0.717) is 12.5 Å². The van der Waals surface area contributed by atoms with E-state index < -0.39 is 12.8 Å². The summed E-state index contributed by atoms with van der Waals surface area (Å²) in [5.41, 5.74) is 1.05. The lowest BCUT2D eigenvalue weighted by atomic mass is 9.83. The Morgan fingerprint density at radius 2 is 1.93 bits per heavy atom. The Balaban J connectivity index is 0.00000450. The van der Waals surface area contributed by atoms with Crippen molar-refractivity contribution >= 4 is 29.9 Å². The predicted molar refractivity (Wildman–Crippen MR) is 124 cm³/mol. The molecule has 5 nitrogen and oxygen atoms in total. The molecule has 0 saturated heterocycles. The zero-order valence-electron chi connectivity index (χ0n) is 17.7. The minimum atomic E-state index is -4.35. The second kappa shape index (κ2) is 13.2. The maximum Gasteiger partial charge on any atom is 0.422 e. The van der Waals surface area contributed by atoms with E-state index >= 15 is 0 Å². The van der Waals surface area contributed by atoms with E-state index in [0.717, 1.165) is 31.7 Å². The summed E-state index contributed by atoms with van der Waals surface area (Å²) in [4.78, 5) is 4.27. The second-order valence-electron chi connectivity index (χ2n) is 7.48. The largest absolute Gasteiger partial charge is 0.484 e. The summed E-state index contributed by atoms with van der Waals surface area (Å²) < 4.78 is 47.3. The summed E-state index contributed by atoms with van der Waals surface area (Å²) in [6, 6.07) is 6.64. The molecule has 1 fully saturated rings. The third-order valence-corrected chi connectivity index (χ3v) is 5.26. The van der Waals surface area contributed by atoms with Crippen molar-refractivity contribution in [3.8, 4) is 5.75 Å². The molecule has 1 aromatic carbocycles. The van der Waals surface area contributed by atoms with Crippen molar-refractivity contribution in [2.45, 2.75) is 51.7 Å². The number of hydrogen-bond acceptors (Lipinski definition) is 3. The molecule has 30 heavy (non-hydrogen) atoms. The molecule has 2 N–H and O–H groups in total. The lowest BCUT2D eigenvalue weighted by Gasteiger charge is -2.30. The van der Waals surface area contributed by atoms with Crippen molar-refractivity contribution in [2.75, 3.05) is 33.4 Å². The van der Waals surface area contributed by atoms with E-state index in [1.54, 1.807) is 19.2 Å². The maximum absolute atomic E-state index is 12.3. The molecule has 2 rings (SSSR count). The van der Waals surface area contributed by atoms with Crippen molar-refractivity contribution in [1.29, 1.82) is 0 Å². The van der Waals surface area contributed by atoms with Crippen LogP contribution < -0.4 is 15.4 Å². The number of nitrogens with one attached hydrogen (secondary N) is 2. The highest BCUT2D eigenvalue weighted by Gasteiger charge is 2.33. The minimum Gasteiger partial charge on any atom is -0.484 e. The quantitative estimate of drug-likeness (QED) is 0.191. The highest BCUT2D eigenvalue weighted by atomic mass is 127. The average molecular weight is 543 g/mol. The van der Waals surface area contributed by atoms with Crippen LogP contribution in [0.3, 0.4) is 0 Å². The van der Waals surface area contributed by atoms with Gasteiger partial charge in [0.25, 0.3) is 0 Å². The van der Waals surface area contributed by atoms with Crippen molar-refractivity contribution in [3.05, 3.63) is 29.8 Å². The zero-order valence-corrected chi connectivity index (χ0v) is 20.0. The molecule has 0 atom stereocenters. The van der Waals surface area contributed by atoms with Gasteiger partial charge in [-0.15, -0.1) is 24.0 Å². The summed E-state index contributed by atoms with van der Waals surface area (Å²) in [5.74, 6) is 0.875. The lowest BCUT2D eigenvalue weighted by molar-refractivity contribution is -0.153. The fourth-order valence-corrected chi connectivity index (χ4v) is 3.66. The van der Waals surface area contributed by atoms with Gasteiger partial charge in [0.2, 0.25) is 0 Å². The number of alkyl halides is 3. The number of hydrogen-bond donors (Lipinski definition) is 2. The third-order valence-electron chi connectivity index (χ3n) is 5.26. The van der Waals surface area contributed by atoms with Crippen LogP contribution in [0, 0.1) is 5.41 Å². The van der Waals surface area contributed by atoms with Gasteiger partial charge in [-0.1, -0.05) is 25.0 Å². The van der Waals surface area contributed by atoms with Gasteiger partial charge in [-0.05, 0) is 49.3 Å². The first kappa shape index (κ1) is 26.8. The molecular formula is C21H33F3IN3O2. The van der Waals surface area contributed by atoms with Gasteiger partial charge in [0.1, 0.15) is 5.75 Å². The summed E-state index contributed by atoms with van der Waals surface area (Å²) in [5, 5.41) is 6.64. The number of ether oxygens (including phenoxy) is 2. The van der Waals surface area contributed by atoms with Crippen molar-refractivity contribution < 1.29 is 22.6 Å². The van der Waals surface area contributed by atoms with Crippen LogP contribution in [0.15, 0.2) is 29.3 Å². The average Bonchev–Trinajstić information content (AvgIpc) is 3.16. The van der Waals surface area contributed by atoms with Crippen LogP contribution in [-0.4, -0.2) is 45.5 Å². The van der Waals surface area contributed by atoms with E-state index in [1.807, 2.05) is 13.0 Å². The maximum atomic E-state index is 12.3. The molecule has 1 aromatic rings. The van der Waals surface area contributed by atoms with Crippen molar-refractivity contribution in [3.63, 3.8) is 0 Å². The Bertz CT molecular complexity index is 651. The van der Waals surface area contributed by atoms with E-state index in [1.165, 1.54) is 31.7 Å². The Morgan fingerprint density at radius 3 is 2.57 bits per heavy atom. The molecule has 0 spiro atoms. The molecule has 0 bridgehead atoms. The van der Waals surface area contributed by atoms with Gasteiger partial charge >= 0.3 is 6.18 Å². The van der Waals surface area contributed by atoms with Gasteiger partial charge in [0, 0.05) is 33.4 Å². The van der Waals surface area contributed by atoms with E-state index in [-0.39, 0.29) is 35.1 Å². The normalized spacial score (nSPS) is 16.1. The second-order valence-corrected chi connectivity index (χ2v) is 7.48. The molecular weight excluding hydrogens is 510 g/mol. The Morgan fingerprint density at radius 1 is 1.20 bits per heavy atom.